The highest BCUT2D eigenvalue weighted by atomic mass is 32.2. The third-order valence-corrected chi connectivity index (χ3v) is 5.15. The van der Waals surface area contributed by atoms with Crippen molar-refractivity contribution in [1.29, 1.82) is 0 Å². The molecule has 0 aliphatic rings. The fraction of sp³-hybridized carbons (Fsp3) is 0.562. The normalized spacial score (nSPS) is 12.9. The molecular weight excluding hydrogens is 332 g/mol. The van der Waals surface area contributed by atoms with E-state index >= 15 is 0 Å². The van der Waals surface area contributed by atoms with Gasteiger partial charge in [-0.15, -0.1) is 0 Å². The van der Waals surface area contributed by atoms with Crippen LogP contribution < -0.4 is 14.8 Å². The number of hydrogen-bond donors (Lipinski definition) is 2. The molecule has 24 heavy (non-hydrogen) atoms. The average molecular weight is 358 g/mol. The second-order valence-corrected chi connectivity index (χ2v) is 7.50. The number of nitrogens with one attached hydrogen (secondary N) is 2. The molecule has 0 saturated heterocycles. The number of methoxy groups -OCH3 is 2. The highest BCUT2D eigenvalue weighted by Crippen LogP contribution is 2.25. The Morgan fingerprint density at radius 1 is 1.21 bits per heavy atom. The van der Waals surface area contributed by atoms with Crippen LogP contribution in [0.4, 0.5) is 0 Å². The first kappa shape index (κ1) is 20.4. The van der Waals surface area contributed by atoms with Crippen LogP contribution in [0.15, 0.2) is 23.1 Å². The maximum absolute atomic E-state index is 12.4. The molecule has 0 radical (unpaired) electrons. The van der Waals surface area contributed by atoms with Crippen LogP contribution in [-0.4, -0.2) is 47.7 Å². The highest BCUT2D eigenvalue weighted by Gasteiger charge is 2.22. The molecule has 1 atom stereocenters. The Hall–Kier alpha value is -1.64. The molecule has 0 unspecified atom stereocenters. The van der Waals surface area contributed by atoms with Crippen molar-refractivity contribution in [3.8, 4) is 5.75 Å². The van der Waals surface area contributed by atoms with E-state index in [0.29, 0.717) is 0 Å². The van der Waals surface area contributed by atoms with Gasteiger partial charge in [0.1, 0.15) is 10.6 Å². The third kappa shape index (κ3) is 5.47. The molecule has 0 saturated carbocycles. The molecule has 136 valence electrons. The zero-order chi connectivity index (χ0) is 18.3. The first-order valence-corrected chi connectivity index (χ1v) is 9.18. The van der Waals surface area contributed by atoms with E-state index in [1.165, 1.54) is 32.4 Å². The van der Waals surface area contributed by atoms with Gasteiger partial charge in [-0.05, 0) is 31.0 Å². The number of hydrogen-bond acceptors (Lipinski definition) is 5. The smallest absolute Gasteiger partial charge is 0.251 e. The molecule has 2 N–H and O–H groups in total. The lowest BCUT2D eigenvalue weighted by atomic mass is 10.1. The van der Waals surface area contributed by atoms with Crippen LogP contribution in [0.25, 0.3) is 0 Å². The number of sulfonamides is 1. The van der Waals surface area contributed by atoms with Gasteiger partial charge in [-0.1, -0.05) is 13.8 Å². The highest BCUT2D eigenvalue weighted by molar-refractivity contribution is 7.89. The summed E-state index contributed by atoms with van der Waals surface area (Å²) in [6, 6.07) is 4.30. The van der Waals surface area contributed by atoms with E-state index in [1.54, 1.807) is 0 Å². The van der Waals surface area contributed by atoms with Crippen molar-refractivity contribution < 1.29 is 22.7 Å². The lowest BCUT2D eigenvalue weighted by Crippen LogP contribution is -2.36. The number of benzene rings is 1. The van der Waals surface area contributed by atoms with E-state index in [4.69, 9.17) is 9.47 Å². The zero-order valence-corrected chi connectivity index (χ0v) is 15.6. The Labute approximate surface area is 143 Å². The Bertz CT molecular complexity index is 658. The average Bonchev–Trinajstić information content (AvgIpc) is 2.54. The molecule has 1 aromatic carbocycles. The summed E-state index contributed by atoms with van der Waals surface area (Å²) in [5, 5.41) is 2.85. The summed E-state index contributed by atoms with van der Waals surface area (Å²) in [6.07, 6.45) is 0. The van der Waals surface area contributed by atoms with Gasteiger partial charge in [-0.2, -0.15) is 0 Å². The van der Waals surface area contributed by atoms with Gasteiger partial charge in [0.15, 0.2) is 0 Å². The standard InChI is InChI=1S/C16H26N2O5S/c1-11(2)12(3)18-16(19)13-6-7-14(23-5)15(10-13)24(20,21)17-8-9-22-4/h6-7,10-12,17H,8-9H2,1-5H3,(H,18,19)/t12-/m0/s1. The van der Waals surface area contributed by atoms with Crippen molar-refractivity contribution in [2.75, 3.05) is 27.4 Å². The first-order chi connectivity index (χ1) is 11.2. The lowest BCUT2D eigenvalue weighted by Gasteiger charge is -2.18. The predicted octanol–water partition coefficient (Wildman–Crippen LogP) is 1.39. The molecule has 8 heteroatoms. The molecule has 0 aliphatic carbocycles. The van der Waals surface area contributed by atoms with Crippen molar-refractivity contribution in [2.45, 2.75) is 31.7 Å². The number of rotatable bonds is 9. The molecule has 0 heterocycles. The summed E-state index contributed by atoms with van der Waals surface area (Å²) in [5.74, 6) is 0.117. The van der Waals surface area contributed by atoms with Gasteiger partial charge < -0.3 is 14.8 Å². The fourth-order valence-corrected chi connectivity index (χ4v) is 3.05. The van der Waals surface area contributed by atoms with Crippen molar-refractivity contribution in [1.82, 2.24) is 10.0 Å². The number of carbonyl (C=O) groups excluding carboxylic acids is 1. The monoisotopic (exact) mass is 358 g/mol. The molecule has 0 aromatic heterocycles. The second kappa shape index (κ2) is 9.00. The SMILES string of the molecule is COCCNS(=O)(=O)c1cc(C(=O)N[C@@H](C)C(C)C)ccc1OC. The largest absolute Gasteiger partial charge is 0.495 e. The predicted molar refractivity (Wildman–Crippen MR) is 91.8 cm³/mol. The van der Waals surface area contributed by atoms with Gasteiger partial charge in [0.2, 0.25) is 10.0 Å². The van der Waals surface area contributed by atoms with E-state index in [2.05, 4.69) is 10.0 Å². The molecule has 1 aromatic rings. The Balaban J connectivity index is 3.10. The molecule has 1 amide bonds. The van der Waals surface area contributed by atoms with Gasteiger partial charge in [0.05, 0.1) is 13.7 Å². The van der Waals surface area contributed by atoms with E-state index in [0.717, 1.165) is 0 Å². The second-order valence-electron chi connectivity index (χ2n) is 5.76. The van der Waals surface area contributed by atoms with E-state index in [-0.39, 0.29) is 47.2 Å². The van der Waals surface area contributed by atoms with Gasteiger partial charge >= 0.3 is 0 Å². The van der Waals surface area contributed by atoms with Crippen LogP contribution >= 0.6 is 0 Å². The minimum atomic E-state index is -3.81. The molecule has 0 spiro atoms. The first-order valence-electron chi connectivity index (χ1n) is 7.70. The molecule has 0 fully saturated rings. The Kier molecular flexibility index (Phi) is 7.65. The summed E-state index contributed by atoms with van der Waals surface area (Å²) in [7, 11) is -0.950. The summed E-state index contributed by atoms with van der Waals surface area (Å²) in [4.78, 5) is 12.2. The molecule has 0 bridgehead atoms. The molecule has 0 aliphatic heterocycles. The van der Waals surface area contributed by atoms with Crippen LogP contribution in [0.2, 0.25) is 0 Å². The quantitative estimate of drug-likeness (QED) is 0.651. The van der Waals surface area contributed by atoms with Gasteiger partial charge in [0.25, 0.3) is 5.91 Å². The third-order valence-electron chi connectivity index (χ3n) is 3.67. The number of ether oxygens (including phenoxy) is 2. The Morgan fingerprint density at radius 2 is 1.88 bits per heavy atom. The zero-order valence-electron chi connectivity index (χ0n) is 14.8. The summed E-state index contributed by atoms with van der Waals surface area (Å²) >= 11 is 0. The topological polar surface area (TPSA) is 93.7 Å². The van der Waals surface area contributed by atoms with Crippen molar-refractivity contribution in [2.24, 2.45) is 5.92 Å². The van der Waals surface area contributed by atoms with Crippen LogP contribution in [-0.2, 0) is 14.8 Å². The molecular formula is C16H26N2O5S. The van der Waals surface area contributed by atoms with E-state index < -0.39 is 10.0 Å². The minimum absolute atomic E-state index is 0.0283. The number of carbonyl (C=O) groups is 1. The van der Waals surface area contributed by atoms with Crippen molar-refractivity contribution in [3.63, 3.8) is 0 Å². The van der Waals surface area contributed by atoms with Crippen molar-refractivity contribution in [3.05, 3.63) is 23.8 Å². The van der Waals surface area contributed by atoms with Crippen LogP contribution in [0.3, 0.4) is 0 Å². The lowest BCUT2D eigenvalue weighted by molar-refractivity contribution is 0.0930. The van der Waals surface area contributed by atoms with E-state index in [1.807, 2.05) is 20.8 Å². The van der Waals surface area contributed by atoms with Crippen LogP contribution in [0.1, 0.15) is 31.1 Å². The van der Waals surface area contributed by atoms with Gasteiger partial charge in [-0.25, -0.2) is 13.1 Å². The molecule has 7 nitrogen and oxygen atoms in total. The summed E-state index contributed by atoms with van der Waals surface area (Å²) < 4.78 is 37.2. The van der Waals surface area contributed by atoms with Gasteiger partial charge in [0, 0.05) is 25.3 Å². The molecule has 1 rings (SSSR count). The Morgan fingerprint density at radius 3 is 2.42 bits per heavy atom. The summed E-state index contributed by atoms with van der Waals surface area (Å²) in [6.45, 7) is 6.26. The number of amides is 1. The van der Waals surface area contributed by atoms with Crippen LogP contribution in [0.5, 0.6) is 5.75 Å². The minimum Gasteiger partial charge on any atom is -0.495 e. The van der Waals surface area contributed by atoms with E-state index in [9.17, 15) is 13.2 Å². The fourth-order valence-electron chi connectivity index (χ4n) is 1.84. The van der Waals surface area contributed by atoms with Gasteiger partial charge in [-0.3, -0.25) is 4.79 Å². The summed E-state index contributed by atoms with van der Waals surface area (Å²) in [5.41, 5.74) is 0.260. The maximum atomic E-state index is 12.4. The maximum Gasteiger partial charge on any atom is 0.251 e. The van der Waals surface area contributed by atoms with Crippen LogP contribution in [0, 0.1) is 5.92 Å². The van der Waals surface area contributed by atoms with Crippen molar-refractivity contribution >= 4 is 15.9 Å².